The van der Waals surface area contributed by atoms with Gasteiger partial charge in [0.2, 0.25) is 15.8 Å². The Labute approximate surface area is 185 Å². The number of fused-ring (bicyclic) bond motifs is 2. The van der Waals surface area contributed by atoms with E-state index in [1.807, 2.05) is 47.1 Å². The molecule has 1 aliphatic heterocycles. The van der Waals surface area contributed by atoms with Crippen LogP contribution >= 0.6 is 0 Å². The number of hydrogen-bond donors (Lipinski definition) is 1. The highest BCUT2D eigenvalue weighted by molar-refractivity contribution is 7.92. The van der Waals surface area contributed by atoms with Gasteiger partial charge in [0, 0.05) is 41.9 Å². The van der Waals surface area contributed by atoms with E-state index in [2.05, 4.69) is 15.3 Å². The van der Waals surface area contributed by atoms with Crippen LogP contribution in [0.3, 0.4) is 0 Å². The number of carbonyl (C=O) groups is 1. The Morgan fingerprint density at radius 3 is 2.69 bits per heavy atom. The van der Waals surface area contributed by atoms with E-state index in [9.17, 15) is 13.2 Å². The molecule has 0 radical (unpaired) electrons. The molecule has 4 aromatic rings. The van der Waals surface area contributed by atoms with Gasteiger partial charge in [0.05, 0.1) is 17.6 Å². The molecule has 1 aliphatic rings. The quantitative estimate of drug-likeness (QED) is 0.517. The maximum Gasteiger partial charge on any atom is 0.255 e. The lowest BCUT2D eigenvalue weighted by Crippen LogP contribution is -2.34. The lowest BCUT2D eigenvalue weighted by Gasteiger charge is -2.29. The van der Waals surface area contributed by atoms with Gasteiger partial charge in [-0.1, -0.05) is 12.1 Å². The molecule has 2 aromatic heterocycles. The van der Waals surface area contributed by atoms with Crippen molar-refractivity contribution in [2.75, 3.05) is 22.4 Å². The van der Waals surface area contributed by atoms with Crippen molar-refractivity contribution in [1.82, 2.24) is 14.4 Å². The Kier molecular flexibility index (Phi) is 4.90. The summed E-state index contributed by atoms with van der Waals surface area (Å²) in [7, 11) is -3.33. The van der Waals surface area contributed by atoms with Crippen LogP contribution in [-0.4, -0.2) is 41.5 Å². The lowest BCUT2D eigenvalue weighted by molar-refractivity contribution is 0.102. The molecular weight excluding hydrogens is 426 g/mol. The van der Waals surface area contributed by atoms with Crippen LogP contribution in [0, 0.1) is 0 Å². The Balaban J connectivity index is 1.34. The largest absolute Gasteiger partial charge is 0.322 e. The number of benzene rings is 2. The van der Waals surface area contributed by atoms with Crippen LogP contribution < -0.4 is 9.62 Å². The molecule has 0 saturated heterocycles. The number of sulfonamides is 1. The van der Waals surface area contributed by atoms with Crippen LogP contribution in [0.4, 0.5) is 11.4 Å². The maximum absolute atomic E-state index is 12.8. The zero-order valence-corrected chi connectivity index (χ0v) is 18.2. The predicted octanol–water partition coefficient (Wildman–Crippen LogP) is 3.36. The number of aryl methyl sites for hydroxylation is 1. The first-order valence-electron chi connectivity index (χ1n) is 10.2. The van der Waals surface area contributed by atoms with Crippen molar-refractivity contribution in [3.05, 3.63) is 78.2 Å². The summed E-state index contributed by atoms with van der Waals surface area (Å²) in [4.78, 5) is 21.5. The molecule has 0 atom stereocenters. The van der Waals surface area contributed by atoms with Crippen molar-refractivity contribution in [1.29, 1.82) is 0 Å². The van der Waals surface area contributed by atoms with Crippen molar-refractivity contribution in [3.8, 4) is 11.3 Å². The van der Waals surface area contributed by atoms with Gasteiger partial charge in [-0.3, -0.25) is 13.5 Å². The van der Waals surface area contributed by atoms with Gasteiger partial charge in [-0.15, -0.1) is 0 Å². The number of nitrogens with zero attached hydrogens (tertiary/aromatic N) is 4. The zero-order valence-electron chi connectivity index (χ0n) is 17.4. The predicted molar refractivity (Wildman–Crippen MR) is 123 cm³/mol. The van der Waals surface area contributed by atoms with Gasteiger partial charge in [0.1, 0.15) is 0 Å². The van der Waals surface area contributed by atoms with Crippen LogP contribution in [0.5, 0.6) is 0 Å². The van der Waals surface area contributed by atoms with Crippen molar-refractivity contribution in [3.63, 3.8) is 0 Å². The number of amides is 1. The van der Waals surface area contributed by atoms with Crippen LogP contribution in [0.25, 0.3) is 17.0 Å². The Hall–Kier alpha value is -3.72. The fourth-order valence-corrected chi connectivity index (χ4v) is 4.94. The molecule has 3 heterocycles. The smallest absolute Gasteiger partial charge is 0.255 e. The minimum Gasteiger partial charge on any atom is -0.322 e. The van der Waals surface area contributed by atoms with Crippen LogP contribution in [0.15, 0.2) is 67.1 Å². The van der Waals surface area contributed by atoms with E-state index < -0.39 is 10.0 Å². The lowest BCUT2D eigenvalue weighted by atomic mass is 10.0. The Bertz CT molecular complexity index is 1390. The van der Waals surface area contributed by atoms with Crippen molar-refractivity contribution in [2.45, 2.75) is 12.8 Å². The third kappa shape index (κ3) is 3.82. The van der Waals surface area contributed by atoms with E-state index >= 15 is 0 Å². The summed E-state index contributed by atoms with van der Waals surface area (Å²) >= 11 is 0. The molecule has 8 nitrogen and oxygen atoms in total. The normalized spacial score (nSPS) is 13.7. The van der Waals surface area contributed by atoms with E-state index in [1.54, 1.807) is 24.4 Å². The summed E-state index contributed by atoms with van der Waals surface area (Å²) in [6, 6.07) is 14.4. The second kappa shape index (κ2) is 7.76. The van der Waals surface area contributed by atoms with Gasteiger partial charge in [-0.25, -0.2) is 18.4 Å². The summed E-state index contributed by atoms with van der Waals surface area (Å²) < 4.78 is 27.3. The first kappa shape index (κ1) is 20.2. The highest BCUT2D eigenvalue weighted by Gasteiger charge is 2.24. The average molecular weight is 448 g/mol. The molecule has 32 heavy (non-hydrogen) atoms. The third-order valence-electron chi connectivity index (χ3n) is 5.49. The fourth-order valence-electron chi connectivity index (χ4n) is 3.94. The molecule has 0 spiro atoms. The SMILES string of the molecule is CS(=O)(=O)N1CCCc2cc(C(=O)Nc3ccc(-c4cn5cccnc5n4)cc3)ccc21. The summed E-state index contributed by atoms with van der Waals surface area (Å²) in [5, 5.41) is 2.90. The minimum atomic E-state index is -3.33. The number of carbonyl (C=O) groups excluding carboxylic acids is 1. The number of aromatic nitrogens is 3. The molecule has 9 heteroatoms. The van der Waals surface area contributed by atoms with Gasteiger partial charge >= 0.3 is 0 Å². The fraction of sp³-hybridized carbons (Fsp3) is 0.174. The summed E-state index contributed by atoms with van der Waals surface area (Å²) in [6.07, 6.45) is 8.17. The van der Waals surface area contributed by atoms with Gasteiger partial charge < -0.3 is 5.32 Å². The molecule has 2 aromatic carbocycles. The van der Waals surface area contributed by atoms with E-state index in [0.29, 0.717) is 29.3 Å². The van der Waals surface area contributed by atoms with Crippen LogP contribution in [-0.2, 0) is 16.4 Å². The monoisotopic (exact) mass is 447 g/mol. The first-order valence-corrected chi connectivity index (χ1v) is 12.1. The molecule has 162 valence electrons. The van der Waals surface area contributed by atoms with E-state index in [-0.39, 0.29) is 5.91 Å². The Morgan fingerprint density at radius 1 is 1.12 bits per heavy atom. The molecular formula is C23H21N5O3S. The average Bonchev–Trinajstić information content (AvgIpc) is 3.22. The summed E-state index contributed by atoms with van der Waals surface area (Å²) in [6.45, 7) is 0.464. The first-order chi connectivity index (χ1) is 15.4. The van der Waals surface area contributed by atoms with Crippen LogP contribution in [0.1, 0.15) is 22.3 Å². The van der Waals surface area contributed by atoms with Crippen LogP contribution in [0.2, 0.25) is 0 Å². The molecule has 0 aliphatic carbocycles. The van der Waals surface area contributed by atoms with Gasteiger partial charge in [-0.05, 0) is 54.8 Å². The highest BCUT2D eigenvalue weighted by atomic mass is 32.2. The third-order valence-corrected chi connectivity index (χ3v) is 6.67. The van der Waals surface area contributed by atoms with Crippen molar-refractivity contribution < 1.29 is 13.2 Å². The molecule has 5 rings (SSSR count). The Morgan fingerprint density at radius 2 is 1.94 bits per heavy atom. The van der Waals surface area contributed by atoms with Crippen molar-refractivity contribution in [2.24, 2.45) is 0 Å². The number of nitrogens with one attached hydrogen (secondary N) is 1. The second-order valence-corrected chi connectivity index (χ2v) is 9.67. The second-order valence-electron chi connectivity index (χ2n) is 7.77. The van der Waals surface area contributed by atoms with E-state index in [4.69, 9.17) is 0 Å². The standard InChI is InChI=1S/C23H21N5O3S/c1-32(30,31)28-13-2-4-17-14-18(7-10-21(17)28)22(29)25-19-8-5-16(6-9-19)20-15-27-12-3-11-24-23(27)26-20/h3,5-12,14-15H,2,4,13H2,1H3,(H,25,29). The van der Waals surface area contributed by atoms with Crippen molar-refractivity contribution >= 4 is 33.1 Å². The topological polar surface area (TPSA) is 96.7 Å². The molecule has 1 amide bonds. The molecule has 0 unspecified atom stereocenters. The molecule has 0 bridgehead atoms. The number of rotatable bonds is 4. The number of hydrogen-bond acceptors (Lipinski definition) is 5. The van der Waals surface area contributed by atoms with Gasteiger partial charge in [0.25, 0.3) is 5.91 Å². The highest BCUT2D eigenvalue weighted by Crippen LogP contribution is 2.30. The van der Waals surface area contributed by atoms with Gasteiger partial charge in [-0.2, -0.15) is 0 Å². The number of imidazole rings is 1. The van der Waals surface area contributed by atoms with Gasteiger partial charge in [0.15, 0.2) is 0 Å². The molecule has 0 fully saturated rings. The zero-order chi connectivity index (χ0) is 22.3. The maximum atomic E-state index is 12.8. The minimum absolute atomic E-state index is 0.242. The number of anilines is 2. The van der Waals surface area contributed by atoms with E-state index in [0.717, 1.165) is 29.7 Å². The summed E-state index contributed by atoms with van der Waals surface area (Å²) in [5.41, 5.74) is 4.40. The molecule has 1 N–H and O–H groups in total. The summed E-state index contributed by atoms with van der Waals surface area (Å²) in [5.74, 6) is 0.385. The van der Waals surface area contributed by atoms with E-state index in [1.165, 1.54) is 10.6 Å². The molecule has 0 saturated carbocycles.